The average Bonchev–Trinajstić information content (AvgIpc) is 2.83. The van der Waals surface area contributed by atoms with E-state index in [9.17, 15) is 0 Å². The van der Waals surface area contributed by atoms with Crippen LogP contribution in [0, 0.1) is 5.41 Å². The third kappa shape index (κ3) is 18.2. The molecule has 0 aromatic carbocycles. The number of hydrogen-bond donors (Lipinski definition) is 0. The van der Waals surface area contributed by atoms with Gasteiger partial charge in [0.2, 0.25) is 0 Å². The minimum Gasteiger partial charge on any atom is -0.379 e. The largest absolute Gasteiger partial charge is 0.379 e. The second-order valence-corrected chi connectivity index (χ2v) is 6.16. The highest BCUT2D eigenvalue weighted by Gasteiger charge is 2.32. The van der Waals surface area contributed by atoms with Crippen molar-refractivity contribution in [1.82, 2.24) is 0 Å². The minimum absolute atomic E-state index is 0.215. The van der Waals surface area contributed by atoms with Gasteiger partial charge < -0.3 is 37.9 Å². The van der Waals surface area contributed by atoms with Gasteiger partial charge in [0.25, 0.3) is 0 Å². The molecule has 0 fully saturated rings. The summed E-state index contributed by atoms with van der Waals surface area (Å²) in [5.74, 6) is 0. The van der Waals surface area contributed by atoms with E-state index in [0.29, 0.717) is 106 Å². The van der Waals surface area contributed by atoms with Crippen LogP contribution in [-0.2, 0) is 37.9 Å². The molecule has 0 aliphatic rings. The molecule has 0 radical (unpaired) electrons. The van der Waals surface area contributed by atoms with Crippen LogP contribution in [0.3, 0.4) is 0 Å². The third-order valence-electron chi connectivity index (χ3n) is 3.70. The van der Waals surface area contributed by atoms with Crippen molar-refractivity contribution in [3.63, 3.8) is 0 Å². The molecule has 29 heavy (non-hydrogen) atoms. The maximum Gasteiger partial charge on any atom is 0.0700 e. The summed E-state index contributed by atoms with van der Waals surface area (Å²) in [5.41, 5.74) is -0.574. The molecule has 0 atom stereocenters. The van der Waals surface area contributed by atoms with E-state index in [1.165, 1.54) is 0 Å². The lowest BCUT2D eigenvalue weighted by Crippen LogP contribution is -2.42. The second-order valence-electron chi connectivity index (χ2n) is 6.16. The van der Waals surface area contributed by atoms with Gasteiger partial charge in [0.05, 0.1) is 84.7 Å². The van der Waals surface area contributed by atoms with Gasteiger partial charge in [-0.2, -0.15) is 0 Å². The van der Waals surface area contributed by atoms with Crippen LogP contribution < -0.4 is 0 Å². The van der Waals surface area contributed by atoms with Crippen molar-refractivity contribution >= 4 is 0 Å². The first-order valence-corrected chi connectivity index (χ1v) is 10.0. The molecule has 0 N–H and O–H groups in total. The van der Waals surface area contributed by atoms with Gasteiger partial charge in [-0.1, -0.05) is 0 Å². The van der Waals surface area contributed by atoms with Crippen molar-refractivity contribution in [2.24, 2.45) is 5.41 Å². The lowest BCUT2D eigenvalue weighted by molar-refractivity contribution is -0.120. The number of ether oxygens (including phenoxy) is 8. The predicted molar refractivity (Wildman–Crippen MR) is 112 cm³/mol. The van der Waals surface area contributed by atoms with Gasteiger partial charge in [-0.05, 0) is 27.6 Å². The molecule has 0 saturated carbocycles. The first-order valence-electron chi connectivity index (χ1n) is 12.9. The zero-order valence-electron chi connectivity index (χ0n) is 21.9. The molecule has 8 heteroatoms. The van der Waals surface area contributed by atoms with E-state index in [1.54, 1.807) is 0 Å². The van der Waals surface area contributed by atoms with E-state index >= 15 is 0 Å². The highest BCUT2D eigenvalue weighted by atomic mass is 16.6. The fourth-order valence-electron chi connectivity index (χ4n) is 2.28. The van der Waals surface area contributed by atoms with E-state index in [0.717, 1.165) is 0 Å². The van der Waals surface area contributed by atoms with Crippen LogP contribution in [-0.4, -0.2) is 106 Å². The summed E-state index contributed by atoms with van der Waals surface area (Å²) in [5, 5.41) is 0. The average molecular weight is 433 g/mol. The standard InChI is InChI=1S/C21H44O8/c1-5-22-9-13-26-17-21(18-27-14-10-23-6-2,19-28-15-11-24-7-3)20-29-16-12-25-8-4/h5-20H2,1-4H3/i1T,2T,3T,4T. The molecule has 0 amide bonds. The van der Waals surface area contributed by atoms with Crippen LogP contribution in [0.2, 0.25) is 0 Å². The van der Waals surface area contributed by atoms with Crippen LogP contribution in [0.4, 0.5) is 0 Å². The number of hydrogen-bond acceptors (Lipinski definition) is 8. The maximum atomic E-state index is 7.11. The molecule has 0 spiro atoms. The number of rotatable bonds is 24. The summed E-state index contributed by atoms with van der Waals surface area (Å²) in [7, 11) is 0. The molecular formula is C21H44O8. The molecular weight excluding hydrogens is 380 g/mol. The Morgan fingerprint density at radius 2 is 0.655 bits per heavy atom. The highest BCUT2D eigenvalue weighted by Crippen LogP contribution is 2.21. The quantitative estimate of drug-likeness (QED) is 0.215. The van der Waals surface area contributed by atoms with Gasteiger partial charge in [0, 0.05) is 31.9 Å². The van der Waals surface area contributed by atoms with E-state index < -0.39 is 5.41 Å². The monoisotopic (exact) mass is 432 g/mol. The predicted octanol–water partition coefficient (Wildman–Crippen LogP) is 2.19. The Morgan fingerprint density at radius 3 is 0.897 bits per heavy atom. The SMILES string of the molecule is [3H]CCOCCOCC(COCCOCC[3H])(COCCOCC[3H])COCCOCC[3H]. The van der Waals surface area contributed by atoms with Gasteiger partial charge in [0.15, 0.2) is 0 Å². The van der Waals surface area contributed by atoms with Crippen LogP contribution in [0.5, 0.6) is 0 Å². The highest BCUT2D eigenvalue weighted by molar-refractivity contribution is 4.79. The minimum atomic E-state index is -0.574. The summed E-state index contributed by atoms with van der Waals surface area (Å²) in [6.45, 7) is 6.80. The molecule has 0 unspecified atom stereocenters. The van der Waals surface area contributed by atoms with Crippen molar-refractivity contribution in [3.8, 4) is 0 Å². The second kappa shape index (κ2) is 22.4. The Bertz CT molecular complexity index is 317. The topological polar surface area (TPSA) is 73.8 Å². The summed E-state index contributed by atoms with van der Waals surface area (Å²) in [4.78, 5) is 0. The summed E-state index contributed by atoms with van der Waals surface area (Å²) >= 11 is 0. The van der Waals surface area contributed by atoms with E-state index in [1.807, 2.05) is 0 Å². The van der Waals surface area contributed by atoms with Crippen molar-refractivity contribution in [2.75, 3.05) is 106 Å². The lowest BCUT2D eigenvalue weighted by atomic mass is 9.92. The molecule has 0 saturated heterocycles. The first-order chi connectivity index (χ1) is 16.2. The zero-order chi connectivity index (χ0) is 24.3. The van der Waals surface area contributed by atoms with E-state index in [-0.39, 0.29) is 27.6 Å². The zero-order valence-corrected chi connectivity index (χ0v) is 17.9. The molecule has 0 aliphatic carbocycles. The smallest absolute Gasteiger partial charge is 0.0700 e. The first kappa shape index (κ1) is 21.9. The van der Waals surface area contributed by atoms with Crippen LogP contribution >= 0.6 is 0 Å². The molecule has 0 rings (SSSR count). The van der Waals surface area contributed by atoms with Crippen molar-refractivity contribution < 1.29 is 43.4 Å². The summed E-state index contributed by atoms with van der Waals surface area (Å²) in [6, 6.07) is 0. The Kier molecular flexibility index (Phi) is 16.9. The summed E-state index contributed by atoms with van der Waals surface area (Å²) < 4.78 is 73.0. The maximum absolute atomic E-state index is 7.11. The Balaban J connectivity index is 4.74. The van der Waals surface area contributed by atoms with Crippen LogP contribution in [0.1, 0.15) is 33.1 Å². The van der Waals surface area contributed by atoms with Gasteiger partial charge in [0.1, 0.15) is 0 Å². The third-order valence-corrected chi connectivity index (χ3v) is 3.70. The summed E-state index contributed by atoms with van der Waals surface area (Å²) in [6.07, 6.45) is 0. The van der Waals surface area contributed by atoms with Gasteiger partial charge in [-0.15, -0.1) is 0 Å². The molecule has 0 bridgehead atoms. The van der Waals surface area contributed by atoms with Crippen molar-refractivity contribution in [3.05, 3.63) is 0 Å². The van der Waals surface area contributed by atoms with E-state index in [4.69, 9.17) is 43.4 Å². The molecule has 0 aliphatic heterocycles. The Labute approximate surface area is 183 Å². The van der Waals surface area contributed by atoms with Gasteiger partial charge >= 0.3 is 0 Å². The van der Waals surface area contributed by atoms with Crippen LogP contribution in [0.15, 0.2) is 0 Å². The molecule has 0 aromatic rings. The Hall–Kier alpha value is -0.320. The molecule has 176 valence electrons. The molecule has 0 aromatic heterocycles. The van der Waals surface area contributed by atoms with Crippen molar-refractivity contribution in [2.45, 2.75) is 27.6 Å². The van der Waals surface area contributed by atoms with E-state index in [2.05, 4.69) is 0 Å². The lowest BCUT2D eigenvalue weighted by Gasteiger charge is -2.33. The van der Waals surface area contributed by atoms with Crippen LogP contribution in [0.25, 0.3) is 0 Å². The molecule has 0 heterocycles. The normalized spacial score (nSPS) is 13.8. The fourth-order valence-corrected chi connectivity index (χ4v) is 2.28. The van der Waals surface area contributed by atoms with Crippen molar-refractivity contribution in [1.29, 1.82) is 0 Å². The molecule has 8 nitrogen and oxygen atoms in total. The van der Waals surface area contributed by atoms with Gasteiger partial charge in [-0.25, -0.2) is 0 Å². The van der Waals surface area contributed by atoms with Gasteiger partial charge in [-0.3, -0.25) is 0 Å². The Morgan fingerprint density at radius 1 is 0.414 bits per heavy atom. The fraction of sp³-hybridized carbons (Fsp3) is 1.00.